The zero-order valence-corrected chi connectivity index (χ0v) is 20.4. The van der Waals surface area contributed by atoms with Crippen LogP contribution in [0.4, 0.5) is 8.78 Å². The Morgan fingerprint density at radius 1 is 1.06 bits per heavy atom. The molecule has 190 valence electrons. The first kappa shape index (κ1) is 24.8. The lowest BCUT2D eigenvalue weighted by molar-refractivity contribution is -0.120. The Bertz CT molecular complexity index is 1080. The molecule has 5 nitrogen and oxygen atoms in total. The zero-order valence-electron chi connectivity index (χ0n) is 20.4. The van der Waals surface area contributed by atoms with E-state index >= 15 is 0 Å². The Balaban J connectivity index is 1.23. The van der Waals surface area contributed by atoms with E-state index in [0.29, 0.717) is 6.54 Å². The van der Waals surface area contributed by atoms with Crippen LogP contribution < -0.4 is 10.6 Å². The fraction of sp³-hybridized carbons (Fsp3) is 0.448. The monoisotopic (exact) mass is 493 g/mol. The summed E-state index contributed by atoms with van der Waals surface area (Å²) in [6.45, 7) is 2.38. The number of halogens is 2. The molecule has 2 aromatic rings. The number of hydrogen-bond donors (Lipinski definition) is 2. The molecule has 3 aliphatic rings. The number of nitrogens with zero attached hydrogens (tertiary/aromatic N) is 1. The molecule has 2 aromatic carbocycles. The minimum Gasteiger partial charge on any atom is -0.369 e. The van der Waals surface area contributed by atoms with Crippen molar-refractivity contribution in [1.29, 1.82) is 0 Å². The van der Waals surface area contributed by atoms with Crippen LogP contribution in [0, 0.1) is 11.6 Å². The zero-order chi connectivity index (χ0) is 25.0. The first-order chi connectivity index (χ1) is 17.5. The molecule has 0 bridgehead atoms. The first-order valence-corrected chi connectivity index (χ1v) is 12.9. The number of morpholine rings is 1. The van der Waals surface area contributed by atoms with Gasteiger partial charge >= 0.3 is 0 Å². The summed E-state index contributed by atoms with van der Waals surface area (Å²) >= 11 is 0. The minimum absolute atomic E-state index is 0.0102. The van der Waals surface area contributed by atoms with Crippen molar-refractivity contribution in [3.8, 4) is 0 Å². The van der Waals surface area contributed by atoms with Gasteiger partial charge in [0.15, 0.2) is 0 Å². The van der Waals surface area contributed by atoms with Crippen LogP contribution >= 0.6 is 0 Å². The molecular formula is C29H33F2N3O2. The molecule has 2 aliphatic heterocycles. The average Bonchev–Trinajstić information content (AvgIpc) is 3.52. The van der Waals surface area contributed by atoms with Gasteiger partial charge in [0.05, 0.1) is 23.9 Å². The maximum absolute atomic E-state index is 13.5. The van der Waals surface area contributed by atoms with Crippen LogP contribution in [-0.4, -0.2) is 43.5 Å². The number of amides is 1. The van der Waals surface area contributed by atoms with Crippen molar-refractivity contribution in [2.75, 3.05) is 19.6 Å². The van der Waals surface area contributed by atoms with E-state index in [-0.39, 0.29) is 41.6 Å². The second-order valence-corrected chi connectivity index (χ2v) is 10.2. The highest BCUT2D eigenvalue weighted by Gasteiger charge is 2.39. The summed E-state index contributed by atoms with van der Waals surface area (Å²) < 4.78 is 33.5. The van der Waals surface area contributed by atoms with Gasteiger partial charge in [-0.25, -0.2) is 8.78 Å². The van der Waals surface area contributed by atoms with Gasteiger partial charge in [-0.15, -0.1) is 0 Å². The standard InChI is InChI=1S/C29H33F2N3O2/c30-23-8-3-20(4-9-23)26(21-5-10-24(31)11-6-21)15-28(35)34-27-18-32-16-22(27)7-12-25-17-33-19-29(36-25)13-1-2-14-29/h3-6,8-11,18,25-26,33H,1-2,7,12-17,19H2,(H,34,35)/t25-/m1/s1. The smallest absolute Gasteiger partial charge is 0.225 e. The largest absolute Gasteiger partial charge is 0.369 e. The van der Waals surface area contributed by atoms with E-state index in [1.807, 2.05) is 0 Å². The number of carbonyl (C=O) groups excluding carboxylic acids is 1. The number of ether oxygens (including phenoxy) is 1. The lowest BCUT2D eigenvalue weighted by Gasteiger charge is -2.39. The molecule has 0 aromatic heterocycles. The fourth-order valence-corrected chi connectivity index (χ4v) is 5.67. The fourth-order valence-electron chi connectivity index (χ4n) is 5.67. The summed E-state index contributed by atoms with van der Waals surface area (Å²) in [6.07, 6.45) is 8.50. The molecule has 1 saturated heterocycles. The average molecular weight is 494 g/mol. The van der Waals surface area contributed by atoms with Crippen LogP contribution in [0.3, 0.4) is 0 Å². The van der Waals surface area contributed by atoms with Crippen LogP contribution in [0.15, 0.2) is 64.8 Å². The van der Waals surface area contributed by atoms with Gasteiger partial charge in [0, 0.05) is 31.6 Å². The molecule has 5 rings (SSSR count). The molecule has 1 aliphatic carbocycles. The van der Waals surface area contributed by atoms with Gasteiger partial charge in [-0.1, -0.05) is 37.1 Å². The molecule has 0 unspecified atom stereocenters. The van der Waals surface area contributed by atoms with Crippen molar-refractivity contribution in [3.63, 3.8) is 0 Å². The highest BCUT2D eigenvalue weighted by atomic mass is 19.1. The molecule has 2 fully saturated rings. The predicted octanol–water partition coefficient (Wildman–Crippen LogP) is 5.02. The van der Waals surface area contributed by atoms with Crippen molar-refractivity contribution < 1.29 is 18.3 Å². The third-order valence-corrected chi connectivity index (χ3v) is 7.61. The number of allylic oxidation sites excluding steroid dienone is 1. The van der Waals surface area contributed by atoms with Crippen molar-refractivity contribution in [2.45, 2.75) is 62.6 Å². The van der Waals surface area contributed by atoms with Crippen LogP contribution in [0.5, 0.6) is 0 Å². The Hall–Kier alpha value is -2.90. The van der Waals surface area contributed by atoms with Crippen LogP contribution in [0.2, 0.25) is 0 Å². The van der Waals surface area contributed by atoms with E-state index in [2.05, 4.69) is 15.6 Å². The van der Waals surface area contributed by atoms with Crippen LogP contribution in [0.25, 0.3) is 0 Å². The SMILES string of the molecule is O=C(CC(c1ccc(F)cc1)c1ccc(F)cc1)NC1=C(CC[C@@H]2CNCC3(CCCC3)O2)CN=C1. The number of benzene rings is 2. The Morgan fingerprint density at radius 2 is 1.69 bits per heavy atom. The number of aliphatic imine (C=N–C) groups is 1. The van der Waals surface area contributed by atoms with Gasteiger partial charge < -0.3 is 15.4 Å². The van der Waals surface area contributed by atoms with E-state index < -0.39 is 0 Å². The lowest BCUT2D eigenvalue weighted by Crippen LogP contribution is -2.52. The Kier molecular flexibility index (Phi) is 7.58. The number of carbonyl (C=O) groups is 1. The number of hydrogen-bond acceptors (Lipinski definition) is 4. The first-order valence-electron chi connectivity index (χ1n) is 12.9. The summed E-state index contributed by atoms with van der Waals surface area (Å²) in [4.78, 5) is 17.5. The molecule has 2 heterocycles. The predicted molar refractivity (Wildman–Crippen MR) is 136 cm³/mol. The minimum atomic E-state index is -0.339. The maximum Gasteiger partial charge on any atom is 0.225 e. The summed E-state index contributed by atoms with van der Waals surface area (Å²) in [6, 6.07) is 12.2. The topological polar surface area (TPSA) is 62.7 Å². The van der Waals surface area contributed by atoms with Crippen molar-refractivity contribution >= 4 is 12.1 Å². The normalized spacial score (nSPS) is 21.0. The van der Waals surface area contributed by atoms with Gasteiger partial charge in [-0.05, 0) is 66.6 Å². The third-order valence-electron chi connectivity index (χ3n) is 7.61. The van der Waals surface area contributed by atoms with Gasteiger partial charge in [0.2, 0.25) is 5.91 Å². The summed E-state index contributed by atoms with van der Waals surface area (Å²) in [5, 5.41) is 6.60. The van der Waals surface area contributed by atoms with Crippen molar-refractivity contribution in [3.05, 3.63) is 82.6 Å². The Labute approximate surface area is 211 Å². The lowest BCUT2D eigenvalue weighted by atomic mass is 9.88. The summed E-state index contributed by atoms with van der Waals surface area (Å²) in [7, 11) is 0. The van der Waals surface area contributed by atoms with Gasteiger partial charge in [-0.2, -0.15) is 0 Å². The second-order valence-electron chi connectivity index (χ2n) is 10.2. The maximum atomic E-state index is 13.5. The number of rotatable bonds is 8. The molecule has 1 saturated carbocycles. The molecule has 2 N–H and O–H groups in total. The van der Waals surface area contributed by atoms with Crippen LogP contribution in [0.1, 0.15) is 62.0 Å². The van der Waals surface area contributed by atoms with E-state index in [4.69, 9.17) is 4.74 Å². The molecule has 1 atom stereocenters. The molecular weight excluding hydrogens is 460 g/mol. The van der Waals surface area contributed by atoms with Crippen molar-refractivity contribution in [2.24, 2.45) is 4.99 Å². The highest BCUT2D eigenvalue weighted by molar-refractivity contribution is 5.90. The van der Waals surface area contributed by atoms with E-state index in [1.54, 1.807) is 30.5 Å². The van der Waals surface area contributed by atoms with Crippen molar-refractivity contribution in [1.82, 2.24) is 10.6 Å². The highest BCUT2D eigenvalue weighted by Crippen LogP contribution is 2.36. The molecule has 0 radical (unpaired) electrons. The second kappa shape index (κ2) is 11.0. The van der Waals surface area contributed by atoms with E-state index in [1.165, 1.54) is 37.1 Å². The molecule has 7 heteroatoms. The molecule has 36 heavy (non-hydrogen) atoms. The van der Waals surface area contributed by atoms with Crippen LogP contribution in [-0.2, 0) is 9.53 Å². The summed E-state index contributed by atoms with van der Waals surface area (Å²) in [5.41, 5.74) is 3.48. The van der Waals surface area contributed by atoms with E-state index in [9.17, 15) is 13.6 Å². The quantitative estimate of drug-likeness (QED) is 0.543. The van der Waals surface area contributed by atoms with E-state index in [0.717, 1.165) is 61.2 Å². The number of nitrogens with one attached hydrogen (secondary N) is 2. The van der Waals surface area contributed by atoms with Gasteiger partial charge in [0.25, 0.3) is 0 Å². The third kappa shape index (κ3) is 5.90. The van der Waals surface area contributed by atoms with Gasteiger partial charge in [-0.3, -0.25) is 9.79 Å². The molecule has 1 spiro atoms. The Morgan fingerprint density at radius 3 is 2.33 bits per heavy atom. The summed E-state index contributed by atoms with van der Waals surface area (Å²) in [5.74, 6) is -1.16. The molecule has 1 amide bonds. The van der Waals surface area contributed by atoms with Gasteiger partial charge in [0.1, 0.15) is 11.6 Å².